The van der Waals surface area contributed by atoms with Gasteiger partial charge in [-0.3, -0.25) is 24.6 Å². The second kappa shape index (κ2) is 7.17. The minimum Gasteiger partial charge on any atom is -0.483 e. The van der Waals surface area contributed by atoms with E-state index in [1.54, 1.807) is 23.7 Å². The Bertz CT molecular complexity index is 1070. The molecule has 5 rings (SSSR count). The van der Waals surface area contributed by atoms with Crippen LogP contribution in [-0.4, -0.2) is 33.1 Å². The second-order valence-corrected chi connectivity index (χ2v) is 9.01. The van der Waals surface area contributed by atoms with E-state index >= 15 is 0 Å². The number of Topliss-reactive ketones (excluding diaryl/α,β-unsaturated/α-hetero) is 1. The Morgan fingerprint density at radius 1 is 1.23 bits per heavy atom. The van der Waals surface area contributed by atoms with Crippen molar-refractivity contribution in [3.63, 3.8) is 0 Å². The molecule has 0 spiro atoms. The second-order valence-electron chi connectivity index (χ2n) is 7.52. The lowest BCUT2D eigenvalue weighted by molar-refractivity contribution is -0.384. The third-order valence-corrected chi connectivity index (χ3v) is 7.00. The van der Waals surface area contributed by atoms with Gasteiger partial charge in [-0.05, 0) is 37.0 Å². The van der Waals surface area contributed by atoms with E-state index in [9.17, 15) is 19.7 Å². The van der Waals surface area contributed by atoms with Crippen LogP contribution in [0, 0.1) is 16.0 Å². The average molecular weight is 446 g/mol. The number of benzene rings is 1. The summed E-state index contributed by atoms with van der Waals surface area (Å²) in [5, 5.41) is 13.1. The van der Waals surface area contributed by atoms with Gasteiger partial charge in [0.25, 0.3) is 11.6 Å². The Balaban J connectivity index is 1.62. The fraction of sp³-hybridized carbons (Fsp3) is 0.350. The minimum absolute atomic E-state index is 0.0628. The zero-order valence-corrected chi connectivity index (χ0v) is 17.1. The molecule has 1 aliphatic carbocycles. The van der Waals surface area contributed by atoms with E-state index in [0.717, 1.165) is 6.42 Å². The largest absolute Gasteiger partial charge is 0.483 e. The maximum Gasteiger partial charge on any atom is 0.296 e. The van der Waals surface area contributed by atoms with Gasteiger partial charge in [-0.1, -0.05) is 0 Å². The van der Waals surface area contributed by atoms with Crippen LogP contribution >= 0.6 is 22.9 Å². The highest BCUT2D eigenvalue weighted by atomic mass is 35.5. The number of thiazole rings is 1. The monoisotopic (exact) mass is 445 g/mol. The molecule has 0 bridgehead atoms. The molecule has 0 saturated heterocycles. The van der Waals surface area contributed by atoms with Crippen LogP contribution in [0.2, 0.25) is 0 Å². The zero-order chi connectivity index (χ0) is 21.0. The molecular weight excluding hydrogens is 430 g/mol. The third kappa shape index (κ3) is 2.92. The van der Waals surface area contributed by atoms with Gasteiger partial charge in [0.15, 0.2) is 16.7 Å². The number of halogens is 1. The number of rotatable bonds is 3. The van der Waals surface area contributed by atoms with Gasteiger partial charge < -0.3 is 4.74 Å². The number of carbonyl (C=O) groups excluding carboxylic acids is 2. The minimum atomic E-state index is -0.747. The molecule has 8 nitrogen and oxygen atoms in total. The Labute approximate surface area is 180 Å². The molecule has 1 amide bonds. The summed E-state index contributed by atoms with van der Waals surface area (Å²) >= 11 is 7.58. The van der Waals surface area contributed by atoms with Crippen LogP contribution in [0.5, 0.6) is 0 Å². The molecule has 1 aromatic heterocycles. The number of carbonyl (C=O) groups is 2. The number of nitrogens with zero attached hydrogens (tertiary/aromatic N) is 3. The lowest BCUT2D eigenvalue weighted by Gasteiger charge is -2.37. The lowest BCUT2D eigenvalue weighted by Crippen LogP contribution is -2.41. The van der Waals surface area contributed by atoms with Gasteiger partial charge in [-0.25, -0.2) is 4.98 Å². The molecule has 4 unspecified atom stereocenters. The van der Waals surface area contributed by atoms with Gasteiger partial charge in [0.05, 0.1) is 22.5 Å². The van der Waals surface area contributed by atoms with E-state index in [-0.39, 0.29) is 34.3 Å². The molecular formula is C20H16ClN3O5S. The smallest absolute Gasteiger partial charge is 0.296 e. The zero-order valence-electron chi connectivity index (χ0n) is 15.6. The topological polar surface area (TPSA) is 103 Å². The molecule has 0 N–H and O–H groups in total. The van der Waals surface area contributed by atoms with E-state index in [1.807, 2.05) is 0 Å². The van der Waals surface area contributed by atoms with E-state index in [4.69, 9.17) is 16.3 Å². The van der Waals surface area contributed by atoms with Crippen molar-refractivity contribution < 1.29 is 19.2 Å². The summed E-state index contributed by atoms with van der Waals surface area (Å²) in [6.07, 6.45) is 3.07. The van der Waals surface area contributed by atoms with Crippen molar-refractivity contribution in [2.45, 2.75) is 36.8 Å². The Hall–Kier alpha value is -2.78. The Kier molecular flexibility index (Phi) is 4.59. The van der Waals surface area contributed by atoms with Gasteiger partial charge in [0, 0.05) is 29.1 Å². The van der Waals surface area contributed by atoms with E-state index in [0.29, 0.717) is 23.5 Å². The summed E-state index contributed by atoms with van der Waals surface area (Å²) in [7, 11) is 0. The molecule has 4 atom stereocenters. The summed E-state index contributed by atoms with van der Waals surface area (Å²) in [4.78, 5) is 43.1. The number of amides is 1. The highest BCUT2D eigenvalue weighted by molar-refractivity contribution is 7.13. The molecule has 30 heavy (non-hydrogen) atoms. The van der Waals surface area contributed by atoms with Crippen molar-refractivity contribution in [1.29, 1.82) is 0 Å². The number of nitro benzene ring substituents is 1. The van der Waals surface area contributed by atoms with Crippen LogP contribution in [0.15, 0.2) is 47.2 Å². The number of fused-ring (bicyclic) bond motifs is 1. The highest BCUT2D eigenvalue weighted by Crippen LogP contribution is 2.49. The van der Waals surface area contributed by atoms with Gasteiger partial charge >= 0.3 is 0 Å². The maximum atomic E-state index is 13.5. The molecule has 1 aromatic carbocycles. The maximum absolute atomic E-state index is 13.5. The van der Waals surface area contributed by atoms with Crippen molar-refractivity contribution in [3.05, 3.63) is 62.9 Å². The first-order chi connectivity index (χ1) is 14.5. The van der Waals surface area contributed by atoms with Crippen molar-refractivity contribution in [2.24, 2.45) is 5.92 Å². The summed E-state index contributed by atoms with van der Waals surface area (Å²) < 4.78 is 6.06. The first-order valence-electron chi connectivity index (χ1n) is 9.52. The summed E-state index contributed by atoms with van der Waals surface area (Å²) in [6.45, 7) is 0. The van der Waals surface area contributed by atoms with Gasteiger partial charge in [0.2, 0.25) is 0 Å². The van der Waals surface area contributed by atoms with Crippen molar-refractivity contribution in [2.75, 3.05) is 4.90 Å². The van der Waals surface area contributed by atoms with Crippen LogP contribution in [0.4, 0.5) is 10.8 Å². The molecule has 2 aromatic rings. The average Bonchev–Trinajstić information content (AvgIpc) is 3.35. The van der Waals surface area contributed by atoms with Crippen LogP contribution < -0.4 is 4.90 Å². The number of ether oxygens (including phenoxy) is 1. The Morgan fingerprint density at radius 2 is 2.00 bits per heavy atom. The highest BCUT2D eigenvalue weighted by Gasteiger charge is 2.53. The van der Waals surface area contributed by atoms with Gasteiger partial charge in [-0.2, -0.15) is 0 Å². The molecule has 3 aliphatic rings. The molecule has 1 saturated carbocycles. The number of aromatic nitrogens is 1. The van der Waals surface area contributed by atoms with Gasteiger partial charge in [0.1, 0.15) is 6.10 Å². The number of ketones is 1. The number of hydrogen-bond acceptors (Lipinski definition) is 7. The molecule has 2 aliphatic heterocycles. The van der Waals surface area contributed by atoms with E-state index in [1.165, 1.54) is 28.4 Å². The normalized spacial score (nSPS) is 28.2. The third-order valence-electron chi connectivity index (χ3n) is 5.83. The SMILES string of the molecule is O=C1C2=C(OC3CCC(Cl)CC13)C(=O)N(c1nccs1)C2c1ccc([N+](=O)[O-])cc1. The van der Waals surface area contributed by atoms with Crippen molar-refractivity contribution in [3.8, 4) is 0 Å². The fourth-order valence-corrected chi connectivity index (χ4v) is 5.43. The number of nitro groups is 1. The molecule has 1 fully saturated rings. The number of alkyl halides is 1. The predicted octanol–water partition coefficient (Wildman–Crippen LogP) is 3.77. The van der Waals surface area contributed by atoms with E-state index in [2.05, 4.69) is 4.98 Å². The summed E-state index contributed by atoms with van der Waals surface area (Å²) in [5.41, 5.74) is 0.806. The van der Waals surface area contributed by atoms with Crippen LogP contribution in [0.3, 0.4) is 0 Å². The van der Waals surface area contributed by atoms with Crippen LogP contribution in [0.1, 0.15) is 30.9 Å². The molecule has 154 valence electrons. The van der Waals surface area contributed by atoms with Crippen molar-refractivity contribution in [1.82, 2.24) is 4.98 Å². The standard InChI is InChI=1S/C20H16ClN3O5S/c21-11-3-6-14-13(9-11)17(25)15-16(10-1-4-12(5-2-10)24(27)28)23(19(26)18(15)29-14)20-22-7-8-30-20/h1-2,4-5,7-8,11,13-14,16H,3,6,9H2. The fourth-order valence-electron chi connectivity index (χ4n) is 4.44. The van der Waals surface area contributed by atoms with Crippen LogP contribution in [0.25, 0.3) is 0 Å². The summed E-state index contributed by atoms with van der Waals surface area (Å²) in [5.74, 6) is -0.886. The summed E-state index contributed by atoms with van der Waals surface area (Å²) in [6, 6.07) is 5.12. The molecule has 0 radical (unpaired) electrons. The predicted molar refractivity (Wildman–Crippen MR) is 109 cm³/mol. The van der Waals surface area contributed by atoms with Crippen LogP contribution in [-0.2, 0) is 14.3 Å². The quantitative estimate of drug-likeness (QED) is 0.405. The lowest BCUT2D eigenvalue weighted by atomic mass is 9.77. The number of anilines is 1. The van der Waals surface area contributed by atoms with Gasteiger partial charge in [-0.15, -0.1) is 22.9 Å². The first-order valence-corrected chi connectivity index (χ1v) is 10.8. The molecule has 3 heterocycles. The number of non-ortho nitro benzene ring substituents is 1. The number of hydrogen-bond donors (Lipinski definition) is 0. The Morgan fingerprint density at radius 3 is 2.67 bits per heavy atom. The van der Waals surface area contributed by atoms with Crippen molar-refractivity contribution >= 4 is 45.4 Å². The van der Waals surface area contributed by atoms with E-state index < -0.39 is 22.8 Å². The molecule has 10 heteroatoms. The first kappa shape index (κ1) is 19.2.